The maximum atomic E-state index is 5.38. The molecule has 13 rings (SSSR count). The molecular formula is C60H38N4. The summed E-state index contributed by atoms with van der Waals surface area (Å²) in [5, 5.41) is 8.33. The molecule has 0 aliphatic rings. The van der Waals surface area contributed by atoms with E-state index in [4.69, 9.17) is 9.97 Å². The Balaban J connectivity index is 0.961. The summed E-state index contributed by atoms with van der Waals surface area (Å²) in [6.07, 6.45) is 0. The van der Waals surface area contributed by atoms with E-state index in [0.717, 1.165) is 55.5 Å². The zero-order chi connectivity index (χ0) is 42.1. The average Bonchev–Trinajstić information content (AvgIpc) is 3.90. The van der Waals surface area contributed by atoms with Gasteiger partial charge >= 0.3 is 0 Å². The van der Waals surface area contributed by atoms with Gasteiger partial charge in [0.1, 0.15) is 0 Å². The monoisotopic (exact) mass is 814 g/mol. The lowest BCUT2D eigenvalue weighted by Crippen LogP contribution is -1.97. The predicted octanol–water partition coefficient (Wildman–Crippen LogP) is 15.6. The van der Waals surface area contributed by atoms with E-state index in [0.29, 0.717) is 5.82 Å². The average molecular weight is 815 g/mol. The minimum Gasteiger partial charge on any atom is -0.309 e. The SMILES string of the molecule is c1ccc(-c2ccc(-c3nc(-c4ccc(-n5c6ccccc6c6c(-c7cccc8c7c7ccccc7n8-c7ccccc7)cccc65)cc4)nc4ccc5ccccc5c34)cc2)cc1. The van der Waals surface area contributed by atoms with Crippen LogP contribution in [0, 0.1) is 0 Å². The van der Waals surface area contributed by atoms with E-state index < -0.39 is 0 Å². The zero-order valence-electron chi connectivity index (χ0n) is 34.7. The van der Waals surface area contributed by atoms with Gasteiger partial charge in [-0.25, -0.2) is 9.97 Å². The third kappa shape index (κ3) is 5.63. The Morgan fingerprint density at radius 1 is 0.281 bits per heavy atom. The van der Waals surface area contributed by atoms with Crippen molar-refractivity contribution in [3.63, 3.8) is 0 Å². The second-order valence-electron chi connectivity index (χ2n) is 16.5. The van der Waals surface area contributed by atoms with Crippen molar-refractivity contribution in [1.29, 1.82) is 0 Å². The lowest BCUT2D eigenvalue weighted by molar-refractivity contribution is 1.17. The van der Waals surface area contributed by atoms with Crippen LogP contribution in [0.15, 0.2) is 231 Å². The Morgan fingerprint density at radius 2 is 0.766 bits per heavy atom. The second kappa shape index (κ2) is 14.5. The van der Waals surface area contributed by atoms with Crippen LogP contribution >= 0.6 is 0 Å². The van der Waals surface area contributed by atoms with E-state index in [1.165, 1.54) is 60.2 Å². The van der Waals surface area contributed by atoms with Crippen molar-refractivity contribution in [2.75, 3.05) is 0 Å². The smallest absolute Gasteiger partial charge is 0.160 e. The van der Waals surface area contributed by atoms with E-state index in [2.05, 4.69) is 240 Å². The van der Waals surface area contributed by atoms with Crippen LogP contribution in [0.25, 0.3) is 122 Å². The number of benzene rings is 10. The maximum absolute atomic E-state index is 5.38. The number of rotatable bonds is 6. The topological polar surface area (TPSA) is 35.6 Å². The van der Waals surface area contributed by atoms with Gasteiger partial charge in [0.15, 0.2) is 5.82 Å². The number of hydrogen-bond acceptors (Lipinski definition) is 2. The first-order chi connectivity index (χ1) is 31.8. The molecule has 0 saturated carbocycles. The minimum absolute atomic E-state index is 0.698. The normalized spacial score (nSPS) is 11.8. The molecule has 0 unspecified atom stereocenters. The third-order valence-corrected chi connectivity index (χ3v) is 12.9. The quantitative estimate of drug-likeness (QED) is 0.157. The first kappa shape index (κ1) is 36.1. The Bertz CT molecular complexity index is 3920. The van der Waals surface area contributed by atoms with Gasteiger partial charge in [0.25, 0.3) is 0 Å². The van der Waals surface area contributed by atoms with Gasteiger partial charge in [-0.3, -0.25) is 0 Å². The molecule has 0 spiro atoms. The van der Waals surface area contributed by atoms with Gasteiger partial charge in [-0.05, 0) is 99.8 Å². The summed E-state index contributed by atoms with van der Waals surface area (Å²) in [6.45, 7) is 0. The molecule has 4 heteroatoms. The molecule has 0 aliphatic carbocycles. The highest BCUT2D eigenvalue weighted by atomic mass is 15.0. The molecule has 0 bridgehead atoms. The van der Waals surface area contributed by atoms with Gasteiger partial charge in [-0.15, -0.1) is 0 Å². The van der Waals surface area contributed by atoms with Crippen molar-refractivity contribution in [2.45, 2.75) is 0 Å². The van der Waals surface area contributed by atoms with Crippen molar-refractivity contribution in [3.8, 4) is 56.3 Å². The highest BCUT2D eigenvalue weighted by molar-refractivity contribution is 6.22. The summed E-state index contributed by atoms with van der Waals surface area (Å²) in [7, 11) is 0. The molecule has 0 N–H and O–H groups in total. The molecule has 4 nitrogen and oxygen atoms in total. The molecule has 0 radical (unpaired) electrons. The largest absolute Gasteiger partial charge is 0.309 e. The molecule has 298 valence electrons. The van der Waals surface area contributed by atoms with Crippen molar-refractivity contribution in [1.82, 2.24) is 19.1 Å². The Kier molecular flexibility index (Phi) is 8.18. The summed E-state index contributed by atoms with van der Waals surface area (Å²) in [5.41, 5.74) is 15.6. The number of hydrogen-bond donors (Lipinski definition) is 0. The van der Waals surface area contributed by atoms with Crippen LogP contribution in [-0.4, -0.2) is 19.1 Å². The molecule has 3 aromatic heterocycles. The summed E-state index contributed by atoms with van der Waals surface area (Å²) < 4.78 is 4.80. The number of nitrogens with zero attached hydrogens (tertiary/aromatic N) is 4. The van der Waals surface area contributed by atoms with Crippen LogP contribution in [0.2, 0.25) is 0 Å². The number of fused-ring (bicyclic) bond motifs is 9. The Labute approximate surface area is 369 Å². The molecule has 0 amide bonds. The van der Waals surface area contributed by atoms with Gasteiger partial charge in [-0.2, -0.15) is 0 Å². The molecule has 3 heterocycles. The number of aromatic nitrogens is 4. The maximum Gasteiger partial charge on any atom is 0.160 e. The first-order valence-electron chi connectivity index (χ1n) is 21.8. The van der Waals surface area contributed by atoms with E-state index in [9.17, 15) is 0 Å². The fourth-order valence-electron chi connectivity index (χ4n) is 10.1. The van der Waals surface area contributed by atoms with Crippen LogP contribution in [0.1, 0.15) is 0 Å². The Morgan fingerprint density at radius 3 is 1.41 bits per heavy atom. The van der Waals surface area contributed by atoms with Crippen molar-refractivity contribution in [3.05, 3.63) is 231 Å². The standard InChI is InChI=1S/C60H38N4/c1-3-15-39(16-4-1)40-29-31-42(32-30-40)59-58-46-20-8-7-17-41(46)35-38-51(58)61-60(62-59)43-33-36-45(37-34-43)64-53-26-12-10-22-50(53)57-48(24-14-28-55(57)64)47-23-13-27-54-56(47)49-21-9-11-25-52(49)63(54)44-18-5-2-6-19-44/h1-38H. The lowest BCUT2D eigenvalue weighted by Gasteiger charge is -2.13. The molecular weight excluding hydrogens is 777 g/mol. The molecule has 64 heavy (non-hydrogen) atoms. The second-order valence-corrected chi connectivity index (χ2v) is 16.5. The summed E-state index contributed by atoms with van der Waals surface area (Å²) in [6, 6.07) is 82.6. The summed E-state index contributed by atoms with van der Waals surface area (Å²) >= 11 is 0. The van der Waals surface area contributed by atoms with Crippen LogP contribution in [0.4, 0.5) is 0 Å². The van der Waals surface area contributed by atoms with E-state index in [1.54, 1.807) is 0 Å². The van der Waals surface area contributed by atoms with Crippen LogP contribution in [-0.2, 0) is 0 Å². The molecule has 0 fully saturated rings. The molecule has 0 aliphatic heterocycles. The highest BCUT2D eigenvalue weighted by Gasteiger charge is 2.21. The molecule has 10 aromatic carbocycles. The van der Waals surface area contributed by atoms with E-state index >= 15 is 0 Å². The van der Waals surface area contributed by atoms with Gasteiger partial charge in [-0.1, -0.05) is 164 Å². The van der Waals surface area contributed by atoms with Gasteiger partial charge in [0.05, 0.1) is 33.3 Å². The van der Waals surface area contributed by atoms with Crippen LogP contribution in [0.5, 0.6) is 0 Å². The molecule has 0 saturated heterocycles. The first-order valence-corrected chi connectivity index (χ1v) is 21.8. The van der Waals surface area contributed by atoms with Crippen molar-refractivity contribution < 1.29 is 0 Å². The predicted molar refractivity (Wildman–Crippen MR) is 267 cm³/mol. The fourth-order valence-corrected chi connectivity index (χ4v) is 10.1. The summed E-state index contributed by atoms with van der Waals surface area (Å²) in [4.78, 5) is 10.6. The van der Waals surface area contributed by atoms with Crippen LogP contribution < -0.4 is 0 Å². The van der Waals surface area contributed by atoms with E-state index in [1.807, 2.05) is 0 Å². The number of para-hydroxylation sites is 3. The minimum atomic E-state index is 0.698. The van der Waals surface area contributed by atoms with Crippen molar-refractivity contribution in [2.24, 2.45) is 0 Å². The van der Waals surface area contributed by atoms with Gasteiger partial charge in [0, 0.05) is 49.4 Å². The lowest BCUT2D eigenvalue weighted by atomic mass is 9.95. The van der Waals surface area contributed by atoms with Gasteiger partial charge < -0.3 is 9.13 Å². The van der Waals surface area contributed by atoms with Crippen LogP contribution in [0.3, 0.4) is 0 Å². The summed E-state index contributed by atoms with van der Waals surface area (Å²) in [5.74, 6) is 0.698. The fraction of sp³-hybridized carbons (Fsp3) is 0. The molecule has 13 aromatic rings. The van der Waals surface area contributed by atoms with E-state index in [-0.39, 0.29) is 0 Å². The zero-order valence-corrected chi connectivity index (χ0v) is 34.7. The highest BCUT2D eigenvalue weighted by Crippen LogP contribution is 2.44. The Hall–Kier alpha value is -8.60. The third-order valence-electron chi connectivity index (χ3n) is 12.9. The van der Waals surface area contributed by atoms with Gasteiger partial charge in [0.2, 0.25) is 0 Å². The molecule has 0 atom stereocenters. The van der Waals surface area contributed by atoms with Crippen molar-refractivity contribution >= 4 is 65.3 Å².